The molecule has 1 N–H and O–H groups in total. The molecule has 0 aromatic heterocycles. The molecule has 0 fully saturated rings. The first-order valence-electron chi connectivity index (χ1n) is 15.3. The quantitative estimate of drug-likeness (QED) is 0.148. The zero-order valence-corrected chi connectivity index (χ0v) is 31.4. The topological polar surface area (TPSA) is 40.2 Å². The van der Waals surface area contributed by atoms with E-state index in [0.717, 1.165) is 37.3 Å². The summed E-state index contributed by atoms with van der Waals surface area (Å²) in [6.07, 6.45) is 0. The summed E-state index contributed by atoms with van der Waals surface area (Å²) in [5.41, 5.74) is 18.0. The molecule has 4 heteroatoms. The maximum absolute atomic E-state index is 4.89. The first-order valence-corrected chi connectivity index (χ1v) is 15.3. The molecule has 0 atom stereocenters. The SMILES string of the molecule is Cc1c(C)c(C)c([N-]CCNCC[N-]c2c(C)c(C)c(C)c(C)c2C)c(C)c1C.[CH2-]c1ccccc1.[CH2-]c1ccccc1.[Zr+4]. The Morgan fingerprint density at radius 3 is 0.909 bits per heavy atom. The number of benzene rings is 4. The fraction of sp³-hybridized carbons (Fsp3) is 0.350. The van der Waals surface area contributed by atoms with Gasteiger partial charge in [-0.15, -0.1) is 48.7 Å². The van der Waals surface area contributed by atoms with Gasteiger partial charge in [-0.2, -0.15) is 49.2 Å². The van der Waals surface area contributed by atoms with E-state index in [0.29, 0.717) is 0 Å². The van der Waals surface area contributed by atoms with E-state index < -0.39 is 0 Å². The third-order valence-electron chi connectivity index (χ3n) is 8.72. The van der Waals surface area contributed by atoms with Gasteiger partial charge in [-0.05, 0) is 116 Å². The van der Waals surface area contributed by atoms with Crippen LogP contribution in [0.4, 0.5) is 11.4 Å². The normalized spacial score (nSPS) is 10.0. The molecule has 0 aliphatic rings. The van der Waals surface area contributed by atoms with Crippen LogP contribution in [0.15, 0.2) is 60.7 Å². The predicted octanol–water partition coefficient (Wildman–Crippen LogP) is 10.8. The maximum Gasteiger partial charge on any atom is 4.00 e. The Kier molecular flexibility index (Phi) is 17.3. The molecule has 0 spiro atoms. The largest absolute Gasteiger partial charge is 4.00 e. The molecule has 0 heterocycles. The summed E-state index contributed by atoms with van der Waals surface area (Å²) < 4.78 is 0. The van der Waals surface area contributed by atoms with Crippen LogP contribution in [0, 0.1) is 83.1 Å². The van der Waals surface area contributed by atoms with E-state index in [2.05, 4.69) is 88.4 Å². The Labute approximate surface area is 288 Å². The first-order chi connectivity index (χ1) is 20.4. The van der Waals surface area contributed by atoms with Crippen LogP contribution < -0.4 is 5.32 Å². The van der Waals surface area contributed by atoms with Gasteiger partial charge in [0.1, 0.15) is 0 Å². The van der Waals surface area contributed by atoms with Crippen LogP contribution in [0.1, 0.15) is 66.8 Å². The number of hydrogen-bond donors (Lipinski definition) is 1. The Morgan fingerprint density at radius 2 is 0.682 bits per heavy atom. The summed E-state index contributed by atoms with van der Waals surface area (Å²) in [4.78, 5) is 0. The van der Waals surface area contributed by atoms with Crippen LogP contribution in [-0.2, 0) is 26.2 Å². The fourth-order valence-corrected chi connectivity index (χ4v) is 5.01. The van der Waals surface area contributed by atoms with Gasteiger partial charge in [-0.1, -0.05) is 34.4 Å². The zero-order valence-electron chi connectivity index (χ0n) is 28.9. The molecule has 0 aliphatic carbocycles. The van der Waals surface area contributed by atoms with Gasteiger partial charge in [-0.3, -0.25) is 0 Å². The monoisotopic (exact) mass is 665 g/mol. The molecule has 4 aromatic rings. The molecular formula is C40H53N3Zr. The van der Waals surface area contributed by atoms with Crippen LogP contribution in [0.2, 0.25) is 0 Å². The van der Waals surface area contributed by atoms with Crippen molar-refractivity contribution in [3.05, 3.63) is 152 Å². The van der Waals surface area contributed by atoms with E-state index in [1.54, 1.807) is 0 Å². The molecule has 0 amide bonds. The third-order valence-corrected chi connectivity index (χ3v) is 8.72. The van der Waals surface area contributed by atoms with E-state index in [-0.39, 0.29) is 26.2 Å². The minimum atomic E-state index is 0. The fourth-order valence-electron chi connectivity index (χ4n) is 5.01. The number of rotatable bonds is 8. The van der Waals surface area contributed by atoms with Crippen molar-refractivity contribution in [3.63, 3.8) is 0 Å². The standard InChI is InChI=1S/C26H39N3.2C7H7.Zr/c1-15-17(3)21(7)25(22(8)18(15)4)28-13-11-27-12-14-29-26-23(9)19(5)16(2)20(6)24(26)10;2*1-7-5-3-2-4-6-7;/h27H,11-14H2,1-10H3;2*2-6H,1H2;/q-2;2*-1;+4. The van der Waals surface area contributed by atoms with Gasteiger partial charge in [0.25, 0.3) is 0 Å². The smallest absolute Gasteiger partial charge is 0.683 e. The molecule has 0 aliphatic heterocycles. The van der Waals surface area contributed by atoms with Crippen molar-refractivity contribution < 1.29 is 26.2 Å². The van der Waals surface area contributed by atoms with Crippen molar-refractivity contribution in [2.75, 3.05) is 26.2 Å². The van der Waals surface area contributed by atoms with E-state index >= 15 is 0 Å². The van der Waals surface area contributed by atoms with Gasteiger partial charge in [0.15, 0.2) is 0 Å². The second-order valence-corrected chi connectivity index (χ2v) is 11.4. The van der Waals surface area contributed by atoms with Crippen LogP contribution in [0.3, 0.4) is 0 Å². The van der Waals surface area contributed by atoms with Crippen molar-refractivity contribution in [3.8, 4) is 0 Å². The summed E-state index contributed by atoms with van der Waals surface area (Å²) in [5.74, 6) is 0. The molecule has 0 unspecified atom stereocenters. The van der Waals surface area contributed by atoms with Gasteiger partial charge < -0.3 is 16.0 Å². The van der Waals surface area contributed by atoms with Crippen LogP contribution >= 0.6 is 0 Å². The predicted molar refractivity (Wildman–Crippen MR) is 191 cm³/mol. The molecule has 0 saturated carbocycles. The molecule has 44 heavy (non-hydrogen) atoms. The van der Waals surface area contributed by atoms with Gasteiger partial charge >= 0.3 is 26.2 Å². The Morgan fingerprint density at radius 1 is 0.432 bits per heavy atom. The van der Waals surface area contributed by atoms with Gasteiger partial charge in [0.2, 0.25) is 0 Å². The van der Waals surface area contributed by atoms with Crippen molar-refractivity contribution in [2.24, 2.45) is 0 Å². The van der Waals surface area contributed by atoms with Gasteiger partial charge in [0, 0.05) is 0 Å². The average Bonchev–Trinajstić information content (AvgIpc) is 3.01. The Bertz CT molecular complexity index is 1270. The minimum absolute atomic E-state index is 0. The van der Waals surface area contributed by atoms with E-state index in [1.807, 2.05) is 60.7 Å². The second kappa shape index (κ2) is 19.5. The number of nitrogens with zero attached hydrogens (tertiary/aromatic N) is 2. The number of hydrogen-bond acceptors (Lipinski definition) is 1. The summed E-state index contributed by atoms with van der Waals surface area (Å²) in [6, 6.07) is 19.7. The maximum atomic E-state index is 4.89. The third kappa shape index (κ3) is 11.2. The van der Waals surface area contributed by atoms with E-state index in [4.69, 9.17) is 10.6 Å². The van der Waals surface area contributed by atoms with Crippen molar-refractivity contribution >= 4 is 11.4 Å². The van der Waals surface area contributed by atoms with Gasteiger partial charge in [-0.25, -0.2) is 0 Å². The van der Waals surface area contributed by atoms with Crippen LogP contribution in [0.5, 0.6) is 0 Å². The molecule has 0 saturated heterocycles. The minimum Gasteiger partial charge on any atom is -0.683 e. The molecule has 3 nitrogen and oxygen atoms in total. The molecule has 4 aromatic carbocycles. The summed E-state index contributed by atoms with van der Waals surface area (Å²) >= 11 is 0. The van der Waals surface area contributed by atoms with Gasteiger partial charge in [0.05, 0.1) is 0 Å². The van der Waals surface area contributed by atoms with E-state index in [1.165, 1.54) is 67.0 Å². The molecule has 0 bridgehead atoms. The van der Waals surface area contributed by atoms with Crippen molar-refractivity contribution in [1.82, 2.24) is 5.32 Å². The molecule has 232 valence electrons. The summed E-state index contributed by atoms with van der Waals surface area (Å²) in [5, 5.41) is 13.3. The first kappa shape index (κ1) is 39.1. The summed E-state index contributed by atoms with van der Waals surface area (Å²) in [7, 11) is 0. The van der Waals surface area contributed by atoms with Crippen molar-refractivity contribution in [2.45, 2.75) is 69.2 Å². The summed E-state index contributed by atoms with van der Waals surface area (Å²) in [6.45, 7) is 32.8. The number of nitrogens with one attached hydrogen (secondary N) is 1. The van der Waals surface area contributed by atoms with Crippen LogP contribution in [-0.4, -0.2) is 26.2 Å². The molecule has 0 radical (unpaired) electrons. The Hall–Kier alpha value is -2.94. The second-order valence-electron chi connectivity index (χ2n) is 11.4. The molecular weight excluding hydrogens is 614 g/mol. The zero-order chi connectivity index (χ0) is 32.1. The Balaban J connectivity index is 0.000000523. The van der Waals surface area contributed by atoms with Crippen LogP contribution in [0.25, 0.3) is 10.6 Å². The van der Waals surface area contributed by atoms with E-state index in [9.17, 15) is 0 Å². The average molecular weight is 667 g/mol. The molecule has 4 rings (SSSR count). The van der Waals surface area contributed by atoms with Crippen molar-refractivity contribution in [1.29, 1.82) is 0 Å².